The van der Waals surface area contributed by atoms with Gasteiger partial charge in [0.05, 0.1) is 12.2 Å². The molecule has 0 saturated carbocycles. The van der Waals surface area contributed by atoms with Crippen molar-refractivity contribution in [3.63, 3.8) is 0 Å². The summed E-state index contributed by atoms with van der Waals surface area (Å²) in [6.07, 6.45) is 3.10. The lowest BCUT2D eigenvalue weighted by atomic mass is 10.00. The molecule has 2 heterocycles. The van der Waals surface area contributed by atoms with Crippen LogP contribution in [0, 0.1) is 5.92 Å². The maximum absolute atomic E-state index is 10.9. The number of carbonyl (C=O) groups is 1. The highest BCUT2D eigenvalue weighted by Gasteiger charge is 2.21. The molecule has 0 amide bonds. The van der Waals surface area contributed by atoms with Crippen LogP contribution in [0.5, 0.6) is 0 Å². The molecular weight excluding hydrogens is 254 g/mol. The van der Waals surface area contributed by atoms with Crippen LogP contribution in [0.15, 0.2) is 30.3 Å². The number of rotatable bonds is 4. The summed E-state index contributed by atoms with van der Waals surface area (Å²) in [6.45, 7) is 2.46. The Balaban J connectivity index is 1.75. The first-order valence-corrected chi connectivity index (χ1v) is 6.87. The fraction of sp³-hybridized carbons (Fsp3) is 0.429. The normalized spacial score (nSPS) is 19.9. The van der Waals surface area contributed by atoms with Gasteiger partial charge in [0.15, 0.2) is 5.82 Å². The second-order valence-electron chi connectivity index (χ2n) is 5.12. The van der Waals surface area contributed by atoms with Gasteiger partial charge >= 0.3 is 0 Å². The Morgan fingerprint density at radius 3 is 2.95 bits per heavy atom. The topological polar surface area (TPSA) is 63.9 Å². The molecule has 1 saturated heterocycles. The minimum Gasteiger partial charge on any atom is -0.303 e. The van der Waals surface area contributed by atoms with E-state index in [1.807, 2.05) is 30.3 Å². The van der Waals surface area contributed by atoms with Gasteiger partial charge in [-0.1, -0.05) is 18.2 Å². The van der Waals surface area contributed by atoms with Gasteiger partial charge in [0.25, 0.3) is 0 Å². The highest BCUT2D eigenvalue weighted by molar-refractivity contribution is 5.53. The predicted molar refractivity (Wildman–Crippen MR) is 73.2 cm³/mol. The Labute approximate surface area is 117 Å². The Morgan fingerprint density at radius 2 is 2.15 bits per heavy atom. The Hall–Kier alpha value is -2.08. The maximum atomic E-state index is 10.9. The first-order chi connectivity index (χ1) is 9.86. The molecule has 1 unspecified atom stereocenters. The quantitative estimate of drug-likeness (QED) is 0.778. The molecule has 6 nitrogen and oxygen atoms in total. The van der Waals surface area contributed by atoms with E-state index in [0.717, 1.165) is 43.7 Å². The molecule has 0 spiro atoms. The van der Waals surface area contributed by atoms with Crippen LogP contribution >= 0.6 is 0 Å². The number of aromatic nitrogens is 4. The van der Waals surface area contributed by atoms with Crippen molar-refractivity contribution in [2.75, 3.05) is 13.1 Å². The molecule has 2 aromatic rings. The summed E-state index contributed by atoms with van der Waals surface area (Å²) in [4.78, 5) is 13.2. The summed E-state index contributed by atoms with van der Waals surface area (Å²) in [5, 5.41) is 11.9. The summed E-state index contributed by atoms with van der Waals surface area (Å²) in [6, 6.07) is 9.84. The summed E-state index contributed by atoms with van der Waals surface area (Å²) >= 11 is 0. The predicted octanol–water partition coefficient (Wildman–Crippen LogP) is 1.07. The molecule has 104 valence electrons. The number of likely N-dealkylation sites (tertiary alicyclic amines) is 1. The number of aldehydes is 1. The molecule has 1 fully saturated rings. The zero-order chi connectivity index (χ0) is 13.8. The standard InChI is InChI=1S/C14H17N5O/c20-11-12-5-4-8-18(9-12)10-14-15-16-17-19(14)13-6-2-1-3-7-13/h1-3,6-7,11-12H,4-5,8-10H2. The van der Waals surface area contributed by atoms with Crippen molar-refractivity contribution in [3.05, 3.63) is 36.2 Å². The zero-order valence-electron chi connectivity index (χ0n) is 11.2. The fourth-order valence-corrected chi connectivity index (χ4v) is 2.62. The molecule has 3 rings (SSSR count). The van der Waals surface area contributed by atoms with E-state index < -0.39 is 0 Å². The molecule has 1 aliphatic rings. The smallest absolute Gasteiger partial charge is 0.170 e. The van der Waals surface area contributed by atoms with Gasteiger partial charge < -0.3 is 4.79 Å². The second kappa shape index (κ2) is 5.92. The van der Waals surface area contributed by atoms with Crippen LogP contribution in [-0.2, 0) is 11.3 Å². The van der Waals surface area contributed by atoms with Crippen molar-refractivity contribution in [2.24, 2.45) is 5.92 Å². The van der Waals surface area contributed by atoms with Crippen LogP contribution < -0.4 is 0 Å². The average molecular weight is 271 g/mol. The van der Waals surface area contributed by atoms with E-state index in [-0.39, 0.29) is 5.92 Å². The molecular formula is C14H17N5O. The molecule has 1 aromatic carbocycles. The molecule has 20 heavy (non-hydrogen) atoms. The monoisotopic (exact) mass is 271 g/mol. The zero-order valence-corrected chi connectivity index (χ0v) is 11.2. The molecule has 0 aliphatic carbocycles. The summed E-state index contributed by atoms with van der Waals surface area (Å²) in [5.74, 6) is 0.951. The lowest BCUT2D eigenvalue weighted by Crippen LogP contribution is -2.36. The van der Waals surface area contributed by atoms with Crippen molar-refractivity contribution in [1.29, 1.82) is 0 Å². The number of benzene rings is 1. The van der Waals surface area contributed by atoms with Gasteiger partial charge in [0.1, 0.15) is 6.29 Å². The lowest BCUT2D eigenvalue weighted by Gasteiger charge is -2.29. The van der Waals surface area contributed by atoms with Crippen molar-refractivity contribution in [1.82, 2.24) is 25.1 Å². The van der Waals surface area contributed by atoms with Gasteiger partial charge in [-0.15, -0.1) is 5.10 Å². The number of nitrogens with zero attached hydrogens (tertiary/aromatic N) is 5. The van der Waals surface area contributed by atoms with E-state index in [1.165, 1.54) is 0 Å². The second-order valence-corrected chi connectivity index (χ2v) is 5.12. The molecule has 1 aromatic heterocycles. The van der Waals surface area contributed by atoms with Gasteiger partial charge in [-0.25, -0.2) is 0 Å². The Bertz CT molecular complexity index is 568. The van der Waals surface area contributed by atoms with E-state index >= 15 is 0 Å². The van der Waals surface area contributed by atoms with Gasteiger partial charge in [0, 0.05) is 12.5 Å². The van der Waals surface area contributed by atoms with Gasteiger partial charge in [-0.05, 0) is 41.9 Å². The van der Waals surface area contributed by atoms with E-state index in [1.54, 1.807) is 4.68 Å². The average Bonchev–Trinajstić information content (AvgIpc) is 2.96. The van der Waals surface area contributed by atoms with Crippen molar-refractivity contribution in [3.8, 4) is 5.69 Å². The van der Waals surface area contributed by atoms with Crippen LogP contribution in [0.25, 0.3) is 5.69 Å². The molecule has 0 bridgehead atoms. The van der Waals surface area contributed by atoms with Crippen LogP contribution in [0.3, 0.4) is 0 Å². The van der Waals surface area contributed by atoms with E-state index in [4.69, 9.17) is 0 Å². The van der Waals surface area contributed by atoms with E-state index in [2.05, 4.69) is 20.4 Å². The highest BCUT2D eigenvalue weighted by atomic mass is 16.1. The number of hydrogen-bond acceptors (Lipinski definition) is 5. The highest BCUT2D eigenvalue weighted by Crippen LogP contribution is 2.17. The summed E-state index contributed by atoms with van der Waals surface area (Å²) < 4.78 is 1.75. The van der Waals surface area contributed by atoms with Crippen LogP contribution in [0.4, 0.5) is 0 Å². The molecule has 0 N–H and O–H groups in total. The van der Waals surface area contributed by atoms with Gasteiger partial charge in [-0.2, -0.15) is 4.68 Å². The summed E-state index contributed by atoms with van der Waals surface area (Å²) in [7, 11) is 0. The molecule has 6 heteroatoms. The van der Waals surface area contributed by atoms with Crippen molar-refractivity contribution >= 4 is 6.29 Å². The first-order valence-electron chi connectivity index (χ1n) is 6.87. The van der Waals surface area contributed by atoms with Crippen LogP contribution in [-0.4, -0.2) is 44.5 Å². The van der Waals surface area contributed by atoms with E-state index in [0.29, 0.717) is 6.54 Å². The number of para-hydroxylation sites is 1. The third-order valence-corrected chi connectivity index (χ3v) is 3.63. The maximum Gasteiger partial charge on any atom is 0.170 e. The minimum atomic E-state index is 0.143. The van der Waals surface area contributed by atoms with Crippen LogP contribution in [0.2, 0.25) is 0 Å². The Kier molecular flexibility index (Phi) is 3.83. The molecule has 1 aliphatic heterocycles. The molecule has 1 atom stereocenters. The number of piperidine rings is 1. The largest absolute Gasteiger partial charge is 0.303 e. The minimum absolute atomic E-state index is 0.143. The lowest BCUT2D eigenvalue weighted by molar-refractivity contribution is -0.112. The Morgan fingerprint density at radius 1 is 1.30 bits per heavy atom. The van der Waals surface area contributed by atoms with E-state index in [9.17, 15) is 4.79 Å². The summed E-state index contributed by atoms with van der Waals surface area (Å²) in [5.41, 5.74) is 0.955. The van der Waals surface area contributed by atoms with Gasteiger partial charge in [0.2, 0.25) is 0 Å². The van der Waals surface area contributed by atoms with Gasteiger partial charge in [-0.3, -0.25) is 4.90 Å². The SMILES string of the molecule is O=CC1CCCN(Cc2nnnn2-c2ccccc2)C1. The number of carbonyl (C=O) groups excluding carboxylic acids is 1. The number of hydrogen-bond donors (Lipinski definition) is 0. The third-order valence-electron chi connectivity index (χ3n) is 3.63. The third kappa shape index (κ3) is 2.75. The van der Waals surface area contributed by atoms with Crippen molar-refractivity contribution < 1.29 is 4.79 Å². The number of tetrazole rings is 1. The van der Waals surface area contributed by atoms with Crippen LogP contribution in [0.1, 0.15) is 18.7 Å². The first kappa shape index (κ1) is 12.9. The fourth-order valence-electron chi connectivity index (χ4n) is 2.62. The van der Waals surface area contributed by atoms with Crippen molar-refractivity contribution in [2.45, 2.75) is 19.4 Å². The molecule has 0 radical (unpaired) electrons.